The van der Waals surface area contributed by atoms with Crippen molar-refractivity contribution in [3.63, 3.8) is 0 Å². The van der Waals surface area contributed by atoms with Crippen molar-refractivity contribution in [1.82, 2.24) is 0 Å². The van der Waals surface area contributed by atoms with E-state index in [1.165, 1.54) is 0 Å². The topological polar surface area (TPSA) is 80.4 Å². The van der Waals surface area contributed by atoms with E-state index < -0.39 is 9.15 Å². The van der Waals surface area contributed by atoms with Crippen LogP contribution in [0.15, 0.2) is 0 Å². The molecular weight excluding hydrogens is 198 g/mol. The van der Waals surface area contributed by atoms with E-state index in [1.54, 1.807) is 0 Å². The lowest BCUT2D eigenvalue weighted by atomic mass is 10.0. The van der Waals surface area contributed by atoms with Gasteiger partial charge < -0.3 is 5.73 Å². The van der Waals surface area contributed by atoms with E-state index in [0.29, 0.717) is 16.5 Å². The molecule has 0 unspecified atom stereocenters. The number of hydrogen-bond acceptors (Lipinski definition) is 4. The van der Waals surface area contributed by atoms with Crippen LogP contribution in [0.1, 0.15) is 25.7 Å². The van der Waals surface area contributed by atoms with Crippen LogP contribution in [0, 0.1) is 0 Å². The van der Waals surface area contributed by atoms with Crippen molar-refractivity contribution in [2.45, 2.75) is 31.2 Å². The Morgan fingerprint density at radius 1 is 1.42 bits per heavy atom. The van der Waals surface area contributed by atoms with E-state index in [9.17, 15) is 8.42 Å². The fourth-order valence-corrected chi connectivity index (χ4v) is 3.24. The highest BCUT2D eigenvalue weighted by molar-refractivity contribution is 8.69. The van der Waals surface area contributed by atoms with Gasteiger partial charge in [0.15, 0.2) is 0 Å². The molecule has 0 bridgehead atoms. The summed E-state index contributed by atoms with van der Waals surface area (Å²) in [5.41, 5.74) is 5.50. The van der Waals surface area contributed by atoms with E-state index >= 15 is 0 Å². The summed E-state index contributed by atoms with van der Waals surface area (Å²) in [6.45, 7) is 0. The molecule has 0 spiro atoms. The summed E-state index contributed by atoms with van der Waals surface area (Å²) in [6.07, 6.45) is 3.83. The van der Waals surface area contributed by atoms with Crippen LogP contribution in [-0.4, -0.2) is 24.3 Å². The van der Waals surface area contributed by atoms with Gasteiger partial charge in [0.1, 0.15) is 0 Å². The zero-order valence-electron chi connectivity index (χ0n) is 6.69. The smallest absolute Gasteiger partial charge is 0.319 e. The fraction of sp³-hybridized carbons (Fsp3) is 1.00. The van der Waals surface area contributed by atoms with Gasteiger partial charge in [-0.25, -0.2) is 0 Å². The third-order valence-corrected chi connectivity index (χ3v) is 4.33. The molecule has 4 nitrogen and oxygen atoms in total. The van der Waals surface area contributed by atoms with E-state index in [1.807, 2.05) is 0 Å². The Morgan fingerprint density at radius 3 is 2.33 bits per heavy atom. The molecule has 1 rings (SSSR count). The predicted molar refractivity (Wildman–Crippen MR) is 49.4 cm³/mol. The van der Waals surface area contributed by atoms with Gasteiger partial charge in [0.25, 0.3) is 0 Å². The Bertz CT molecular complexity index is 244. The van der Waals surface area contributed by atoms with Gasteiger partial charge in [0, 0.05) is 11.3 Å². The number of rotatable bonds is 3. The average Bonchev–Trinajstić information content (AvgIpc) is 2.32. The van der Waals surface area contributed by atoms with Crippen molar-refractivity contribution in [2.75, 3.05) is 5.75 Å². The third kappa shape index (κ3) is 3.30. The van der Waals surface area contributed by atoms with Gasteiger partial charge >= 0.3 is 9.15 Å². The minimum atomic E-state index is -3.91. The largest absolute Gasteiger partial charge is 0.324 e. The first-order valence-corrected chi connectivity index (χ1v) is 6.76. The second-order valence-electron chi connectivity index (χ2n) is 3.26. The highest BCUT2D eigenvalue weighted by Crippen LogP contribution is 2.31. The molecule has 0 atom stereocenters. The van der Waals surface area contributed by atoms with Gasteiger partial charge in [-0.15, -0.1) is 0 Å². The molecule has 1 aliphatic carbocycles. The summed E-state index contributed by atoms with van der Waals surface area (Å²) < 4.78 is 29.3. The van der Waals surface area contributed by atoms with Crippen molar-refractivity contribution in [3.8, 4) is 0 Å². The maximum atomic E-state index is 10.4. The van der Waals surface area contributed by atoms with Crippen LogP contribution < -0.4 is 5.73 Å². The molecule has 0 amide bonds. The molecule has 0 aliphatic heterocycles. The summed E-state index contributed by atoms with van der Waals surface area (Å²) in [5.74, 6) is 0.297. The molecule has 0 saturated heterocycles. The zero-order chi connectivity index (χ0) is 9.24. The lowest BCUT2D eigenvalue weighted by Gasteiger charge is -2.21. The number of hydrogen-bond donors (Lipinski definition) is 2. The van der Waals surface area contributed by atoms with Crippen LogP contribution in [0.4, 0.5) is 0 Å². The second kappa shape index (κ2) is 3.53. The van der Waals surface area contributed by atoms with Gasteiger partial charge in [-0.2, -0.15) is 8.42 Å². The van der Waals surface area contributed by atoms with Crippen LogP contribution in [0.5, 0.6) is 0 Å². The zero-order valence-corrected chi connectivity index (χ0v) is 8.33. The second-order valence-corrected chi connectivity index (χ2v) is 6.61. The van der Waals surface area contributed by atoms with E-state index in [0.717, 1.165) is 25.7 Å². The fourth-order valence-electron chi connectivity index (χ4n) is 1.42. The van der Waals surface area contributed by atoms with Crippen LogP contribution in [0.2, 0.25) is 0 Å². The van der Waals surface area contributed by atoms with Crippen LogP contribution in [0.3, 0.4) is 0 Å². The molecule has 1 saturated carbocycles. The molecule has 0 aromatic rings. The molecule has 72 valence electrons. The lowest BCUT2D eigenvalue weighted by molar-refractivity contribution is 0.490. The SMILES string of the molecule is NC1(CSS(=O)(=O)O)CCCC1. The van der Waals surface area contributed by atoms with Crippen molar-refractivity contribution in [3.05, 3.63) is 0 Å². The van der Waals surface area contributed by atoms with Crippen molar-refractivity contribution in [2.24, 2.45) is 5.73 Å². The molecule has 3 N–H and O–H groups in total. The minimum absolute atomic E-state index is 0.297. The van der Waals surface area contributed by atoms with Crippen LogP contribution in [-0.2, 0) is 9.15 Å². The Labute approximate surface area is 76.0 Å². The number of nitrogens with two attached hydrogens (primary N) is 1. The molecule has 0 heterocycles. The molecule has 1 fully saturated rings. The minimum Gasteiger partial charge on any atom is -0.324 e. The summed E-state index contributed by atoms with van der Waals surface area (Å²) in [4.78, 5) is 0. The lowest BCUT2D eigenvalue weighted by Crippen LogP contribution is -2.39. The summed E-state index contributed by atoms with van der Waals surface area (Å²) in [6, 6.07) is 0. The van der Waals surface area contributed by atoms with E-state index in [-0.39, 0.29) is 5.54 Å². The Hall–Kier alpha value is 0.220. The maximum Gasteiger partial charge on any atom is 0.319 e. The maximum absolute atomic E-state index is 10.4. The Morgan fingerprint density at radius 2 is 1.92 bits per heavy atom. The van der Waals surface area contributed by atoms with Crippen LogP contribution in [0.25, 0.3) is 0 Å². The molecule has 0 radical (unpaired) electrons. The summed E-state index contributed by atoms with van der Waals surface area (Å²) in [5, 5.41) is 0. The van der Waals surface area contributed by atoms with Gasteiger partial charge in [0.2, 0.25) is 0 Å². The van der Waals surface area contributed by atoms with Crippen molar-refractivity contribution >= 4 is 19.9 Å². The highest BCUT2D eigenvalue weighted by atomic mass is 33.1. The Kier molecular flexibility index (Phi) is 3.03. The van der Waals surface area contributed by atoms with Crippen molar-refractivity contribution in [1.29, 1.82) is 0 Å². The van der Waals surface area contributed by atoms with E-state index in [4.69, 9.17) is 10.3 Å². The summed E-state index contributed by atoms with van der Waals surface area (Å²) >= 11 is 0. The highest BCUT2D eigenvalue weighted by Gasteiger charge is 2.30. The van der Waals surface area contributed by atoms with Crippen LogP contribution >= 0.6 is 10.8 Å². The van der Waals surface area contributed by atoms with Gasteiger partial charge in [0.05, 0.1) is 0 Å². The van der Waals surface area contributed by atoms with E-state index in [2.05, 4.69) is 0 Å². The molecule has 6 heteroatoms. The Balaban J connectivity index is 2.41. The van der Waals surface area contributed by atoms with Crippen molar-refractivity contribution < 1.29 is 13.0 Å². The molecule has 1 aliphatic rings. The third-order valence-electron chi connectivity index (χ3n) is 2.09. The monoisotopic (exact) mass is 211 g/mol. The van der Waals surface area contributed by atoms with Gasteiger partial charge in [-0.3, -0.25) is 4.55 Å². The quantitative estimate of drug-likeness (QED) is 0.533. The normalized spacial score (nSPS) is 22.8. The standard InChI is InChI=1S/C6H13NO3S2/c7-6(3-1-2-4-6)5-11-12(8,9)10/h1-5,7H2,(H,8,9,10). The first-order valence-electron chi connectivity index (χ1n) is 3.82. The first kappa shape index (κ1) is 10.3. The average molecular weight is 211 g/mol. The van der Waals surface area contributed by atoms with Gasteiger partial charge in [-0.1, -0.05) is 12.8 Å². The molecular formula is C6H13NO3S2. The summed E-state index contributed by atoms with van der Waals surface area (Å²) in [7, 11) is -3.38. The molecule has 0 aromatic carbocycles. The first-order chi connectivity index (χ1) is 5.41. The molecule has 0 aromatic heterocycles. The van der Waals surface area contributed by atoms with Gasteiger partial charge in [-0.05, 0) is 23.6 Å². The predicted octanol–water partition coefficient (Wildman–Crippen LogP) is 0.794. The molecule has 12 heavy (non-hydrogen) atoms.